The molecule has 0 saturated heterocycles. The molecule has 4 nitrogen and oxygen atoms in total. The number of rotatable bonds is 6. The quantitative estimate of drug-likeness (QED) is 0.615. The van der Waals surface area contributed by atoms with Gasteiger partial charge in [0.15, 0.2) is 0 Å². The molecule has 122 valence electrons. The van der Waals surface area contributed by atoms with Gasteiger partial charge in [-0.2, -0.15) is 0 Å². The van der Waals surface area contributed by atoms with Crippen LogP contribution in [0.4, 0.5) is 0 Å². The van der Waals surface area contributed by atoms with Crippen molar-refractivity contribution in [3.63, 3.8) is 0 Å². The van der Waals surface area contributed by atoms with E-state index < -0.39 is 5.97 Å². The van der Waals surface area contributed by atoms with Gasteiger partial charge in [0.25, 0.3) is 5.91 Å². The number of amides is 1. The van der Waals surface area contributed by atoms with Crippen molar-refractivity contribution in [2.45, 2.75) is 33.6 Å². The van der Waals surface area contributed by atoms with E-state index in [4.69, 9.17) is 5.11 Å². The van der Waals surface area contributed by atoms with E-state index in [1.54, 1.807) is 37.3 Å². The van der Waals surface area contributed by atoms with E-state index in [-0.39, 0.29) is 11.5 Å². The Morgan fingerprint density at radius 3 is 2.26 bits per heavy atom. The van der Waals surface area contributed by atoms with Crippen LogP contribution >= 0.6 is 0 Å². The molecule has 1 aromatic rings. The lowest BCUT2D eigenvalue weighted by Gasteiger charge is -2.06. The zero-order chi connectivity index (χ0) is 17.4. The van der Waals surface area contributed by atoms with Crippen molar-refractivity contribution in [3.05, 3.63) is 71.0 Å². The summed E-state index contributed by atoms with van der Waals surface area (Å²) in [5.74, 6) is -0.744. The smallest absolute Gasteiger partial charge is 0.331 e. The third-order valence-electron chi connectivity index (χ3n) is 3.38. The number of allylic oxidation sites excluding steroid dienone is 4. The standard InChI is InChI=1S/C19H23NO3/c1-5-15(12-14(4)19(22)23)10-11-20-18(21)17-8-6-16(7-9-17)13(2)3/h5-13H,1-4H3,(H,20,21)(H,22,23)/b11-10+,14-12+,15-5-. The van der Waals surface area contributed by atoms with Crippen LogP contribution in [0.25, 0.3) is 0 Å². The van der Waals surface area contributed by atoms with E-state index in [1.165, 1.54) is 18.7 Å². The summed E-state index contributed by atoms with van der Waals surface area (Å²) in [4.78, 5) is 22.8. The first-order chi connectivity index (χ1) is 10.8. The van der Waals surface area contributed by atoms with E-state index in [0.717, 1.165) is 0 Å². The molecule has 0 saturated carbocycles. The number of nitrogens with one attached hydrogen (secondary N) is 1. The van der Waals surface area contributed by atoms with Crippen molar-refractivity contribution in [2.24, 2.45) is 0 Å². The summed E-state index contributed by atoms with van der Waals surface area (Å²) in [7, 11) is 0. The van der Waals surface area contributed by atoms with Crippen LogP contribution in [-0.2, 0) is 4.79 Å². The molecule has 4 heteroatoms. The molecule has 0 fully saturated rings. The molecule has 0 radical (unpaired) electrons. The molecule has 2 N–H and O–H groups in total. The monoisotopic (exact) mass is 313 g/mol. The Balaban J connectivity index is 2.71. The first kappa shape index (κ1) is 18.4. The molecule has 0 unspecified atom stereocenters. The topological polar surface area (TPSA) is 66.4 Å². The fourth-order valence-electron chi connectivity index (χ4n) is 1.86. The lowest BCUT2D eigenvalue weighted by atomic mass is 10.0. The second kappa shape index (κ2) is 8.73. The van der Waals surface area contributed by atoms with Crippen LogP contribution < -0.4 is 5.32 Å². The molecule has 0 aliphatic heterocycles. The van der Waals surface area contributed by atoms with Gasteiger partial charge in [0.1, 0.15) is 0 Å². The molecule has 0 aliphatic carbocycles. The summed E-state index contributed by atoms with van der Waals surface area (Å²) in [5, 5.41) is 11.5. The third kappa shape index (κ3) is 5.94. The number of carbonyl (C=O) groups is 2. The van der Waals surface area contributed by atoms with Crippen molar-refractivity contribution < 1.29 is 14.7 Å². The van der Waals surface area contributed by atoms with Gasteiger partial charge in [0, 0.05) is 17.3 Å². The summed E-state index contributed by atoms with van der Waals surface area (Å²) >= 11 is 0. The molecule has 1 amide bonds. The van der Waals surface area contributed by atoms with Gasteiger partial charge < -0.3 is 10.4 Å². The van der Waals surface area contributed by atoms with E-state index in [2.05, 4.69) is 19.2 Å². The summed E-state index contributed by atoms with van der Waals surface area (Å²) in [6.07, 6.45) is 6.49. The molecule has 0 bridgehead atoms. The predicted octanol–water partition coefficient (Wildman–Crippen LogP) is 4.03. The van der Waals surface area contributed by atoms with Gasteiger partial charge in [-0.15, -0.1) is 0 Å². The molecule has 1 aromatic carbocycles. The number of aliphatic carboxylic acids is 1. The Bertz CT molecular complexity index is 650. The highest BCUT2D eigenvalue weighted by molar-refractivity contribution is 5.94. The van der Waals surface area contributed by atoms with Crippen LogP contribution in [0.2, 0.25) is 0 Å². The molecule has 0 aromatic heterocycles. The predicted molar refractivity (Wildman–Crippen MR) is 92.3 cm³/mol. The second-order valence-electron chi connectivity index (χ2n) is 5.50. The molecule has 0 atom stereocenters. The lowest BCUT2D eigenvalue weighted by Crippen LogP contribution is -2.17. The SMILES string of the molecule is C/C=C(/C=C/NC(=O)c1ccc(C(C)C)cc1)\C=C(/C)C(=O)O. The minimum atomic E-state index is -0.966. The van der Waals surface area contributed by atoms with Gasteiger partial charge in [-0.05, 0) is 55.2 Å². The number of carbonyl (C=O) groups excluding carboxylic acids is 1. The Labute approximate surface area is 137 Å². The first-order valence-electron chi connectivity index (χ1n) is 7.50. The highest BCUT2D eigenvalue weighted by Gasteiger charge is 2.05. The zero-order valence-corrected chi connectivity index (χ0v) is 14.0. The first-order valence-corrected chi connectivity index (χ1v) is 7.50. The van der Waals surface area contributed by atoms with E-state index in [1.807, 2.05) is 12.1 Å². The van der Waals surface area contributed by atoms with Crippen LogP contribution in [0.15, 0.2) is 59.8 Å². The third-order valence-corrected chi connectivity index (χ3v) is 3.38. The number of hydrogen-bond acceptors (Lipinski definition) is 2. The van der Waals surface area contributed by atoms with Crippen LogP contribution in [0, 0.1) is 0 Å². The van der Waals surface area contributed by atoms with Crippen molar-refractivity contribution >= 4 is 11.9 Å². The van der Waals surface area contributed by atoms with Crippen LogP contribution in [-0.4, -0.2) is 17.0 Å². The van der Waals surface area contributed by atoms with Crippen molar-refractivity contribution in [1.82, 2.24) is 5.32 Å². The normalized spacial score (nSPS) is 12.7. The molecule has 0 aliphatic rings. The Morgan fingerprint density at radius 1 is 1.17 bits per heavy atom. The number of carboxylic acid groups (broad SMARTS) is 1. The van der Waals surface area contributed by atoms with Crippen molar-refractivity contribution in [1.29, 1.82) is 0 Å². The summed E-state index contributed by atoms with van der Waals surface area (Å²) in [6, 6.07) is 7.48. The van der Waals surface area contributed by atoms with E-state index in [0.29, 0.717) is 17.1 Å². The maximum atomic E-state index is 12.0. The second-order valence-corrected chi connectivity index (χ2v) is 5.50. The van der Waals surface area contributed by atoms with Gasteiger partial charge in [-0.25, -0.2) is 4.79 Å². The van der Waals surface area contributed by atoms with Crippen LogP contribution in [0.1, 0.15) is 49.5 Å². The van der Waals surface area contributed by atoms with E-state index >= 15 is 0 Å². The van der Waals surface area contributed by atoms with Crippen LogP contribution in [0.5, 0.6) is 0 Å². The minimum absolute atomic E-state index is 0.203. The molecular formula is C19H23NO3. The van der Waals surface area contributed by atoms with Gasteiger partial charge in [-0.1, -0.05) is 32.1 Å². The van der Waals surface area contributed by atoms with Crippen molar-refractivity contribution in [3.8, 4) is 0 Å². The average molecular weight is 313 g/mol. The highest BCUT2D eigenvalue weighted by atomic mass is 16.4. The minimum Gasteiger partial charge on any atom is -0.478 e. The van der Waals surface area contributed by atoms with Gasteiger partial charge in [0.05, 0.1) is 0 Å². The van der Waals surface area contributed by atoms with Crippen molar-refractivity contribution in [2.75, 3.05) is 0 Å². The maximum absolute atomic E-state index is 12.0. The number of hydrogen-bond donors (Lipinski definition) is 2. The molecule has 0 heterocycles. The molecule has 1 rings (SSSR count). The Morgan fingerprint density at radius 2 is 1.78 bits per heavy atom. The number of benzene rings is 1. The molecule has 23 heavy (non-hydrogen) atoms. The largest absolute Gasteiger partial charge is 0.478 e. The lowest BCUT2D eigenvalue weighted by molar-refractivity contribution is -0.132. The fourth-order valence-corrected chi connectivity index (χ4v) is 1.86. The van der Waals surface area contributed by atoms with Gasteiger partial charge in [0.2, 0.25) is 0 Å². The van der Waals surface area contributed by atoms with Crippen LogP contribution in [0.3, 0.4) is 0 Å². The highest BCUT2D eigenvalue weighted by Crippen LogP contribution is 2.14. The average Bonchev–Trinajstić information content (AvgIpc) is 2.53. The summed E-state index contributed by atoms with van der Waals surface area (Å²) in [6.45, 7) is 7.53. The Hall–Kier alpha value is -2.62. The molecular weight excluding hydrogens is 290 g/mol. The number of carboxylic acids is 1. The summed E-state index contributed by atoms with van der Waals surface area (Å²) < 4.78 is 0. The van der Waals surface area contributed by atoms with Gasteiger partial charge >= 0.3 is 5.97 Å². The Kier molecular flexibility index (Phi) is 7.00. The molecule has 0 spiro atoms. The zero-order valence-electron chi connectivity index (χ0n) is 14.0. The summed E-state index contributed by atoms with van der Waals surface area (Å²) in [5.41, 5.74) is 2.71. The van der Waals surface area contributed by atoms with E-state index in [9.17, 15) is 9.59 Å². The fraction of sp³-hybridized carbons (Fsp3) is 0.263. The van der Waals surface area contributed by atoms with Gasteiger partial charge in [-0.3, -0.25) is 4.79 Å². The maximum Gasteiger partial charge on any atom is 0.331 e.